The minimum atomic E-state index is 0.232. The van der Waals surface area contributed by atoms with Gasteiger partial charge in [0.25, 0.3) is 0 Å². The summed E-state index contributed by atoms with van der Waals surface area (Å²) in [4.78, 5) is 12.1. The van der Waals surface area contributed by atoms with Crippen LogP contribution in [0.2, 0.25) is 0 Å². The van der Waals surface area contributed by atoms with Crippen LogP contribution >= 0.6 is 0 Å². The van der Waals surface area contributed by atoms with Crippen LogP contribution in [-0.2, 0) is 0 Å². The third kappa shape index (κ3) is 1.53. The summed E-state index contributed by atoms with van der Waals surface area (Å²) in [6.07, 6.45) is 4.93. The molecule has 0 amide bonds. The molecule has 7 nitrogen and oxygen atoms in total. The lowest BCUT2D eigenvalue weighted by Crippen LogP contribution is -2.00. The fourth-order valence-corrected chi connectivity index (χ4v) is 1.55. The predicted octanol–water partition coefficient (Wildman–Crippen LogP) is 0.351. The highest BCUT2D eigenvalue weighted by atomic mass is 15.3. The predicted molar refractivity (Wildman–Crippen MR) is 62.8 cm³/mol. The average Bonchev–Trinajstić information content (AvgIpc) is 2.73. The molecular formula is C10H9N7. The van der Waals surface area contributed by atoms with Crippen LogP contribution in [0, 0.1) is 0 Å². The van der Waals surface area contributed by atoms with Gasteiger partial charge in [-0.05, 0) is 12.1 Å². The molecule has 3 rings (SSSR count). The van der Waals surface area contributed by atoms with Gasteiger partial charge in [-0.1, -0.05) is 0 Å². The van der Waals surface area contributed by atoms with Gasteiger partial charge in [0.05, 0.1) is 11.9 Å². The smallest absolute Gasteiger partial charge is 0.219 e. The van der Waals surface area contributed by atoms with Crippen LogP contribution in [0.1, 0.15) is 0 Å². The summed E-state index contributed by atoms with van der Waals surface area (Å²) in [7, 11) is 0. The molecule has 4 N–H and O–H groups in total. The van der Waals surface area contributed by atoms with Crippen molar-refractivity contribution in [2.45, 2.75) is 0 Å². The monoisotopic (exact) mass is 227 g/mol. The van der Waals surface area contributed by atoms with Gasteiger partial charge in [0.1, 0.15) is 5.82 Å². The number of nitrogen functional groups attached to an aromatic ring is 2. The number of anilines is 2. The quantitative estimate of drug-likeness (QED) is 0.621. The number of rotatable bonds is 1. The Kier molecular flexibility index (Phi) is 1.91. The first-order chi connectivity index (χ1) is 8.24. The first-order valence-corrected chi connectivity index (χ1v) is 4.92. The number of fused-ring (bicyclic) bond motifs is 1. The molecule has 0 aliphatic heterocycles. The van der Waals surface area contributed by atoms with Gasteiger partial charge >= 0.3 is 0 Å². The summed E-state index contributed by atoms with van der Waals surface area (Å²) < 4.78 is 1.64. The van der Waals surface area contributed by atoms with E-state index >= 15 is 0 Å². The van der Waals surface area contributed by atoms with Crippen LogP contribution in [0.3, 0.4) is 0 Å². The van der Waals surface area contributed by atoms with Crippen molar-refractivity contribution in [1.82, 2.24) is 24.6 Å². The van der Waals surface area contributed by atoms with Crippen LogP contribution in [0.15, 0.2) is 30.7 Å². The van der Waals surface area contributed by atoms with Crippen molar-refractivity contribution in [3.63, 3.8) is 0 Å². The van der Waals surface area contributed by atoms with Crippen LogP contribution in [-0.4, -0.2) is 24.6 Å². The minimum Gasteiger partial charge on any atom is -0.382 e. The highest BCUT2D eigenvalue weighted by Crippen LogP contribution is 2.18. The number of nitrogens with two attached hydrogens (primary N) is 2. The van der Waals surface area contributed by atoms with Gasteiger partial charge in [-0.2, -0.15) is 0 Å². The van der Waals surface area contributed by atoms with Gasteiger partial charge in [-0.25, -0.2) is 19.5 Å². The lowest BCUT2D eigenvalue weighted by molar-refractivity contribution is 0.950. The first-order valence-electron chi connectivity index (χ1n) is 4.92. The van der Waals surface area contributed by atoms with Crippen molar-refractivity contribution in [1.29, 1.82) is 0 Å². The molecule has 0 spiro atoms. The van der Waals surface area contributed by atoms with E-state index in [0.29, 0.717) is 11.5 Å². The van der Waals surface area contributed by atoms with E-state index < -0.39 is 0 Å². The Morgan fingerprint density at radius 3 is 2.47 bits per heavy atom. The van der Waals surface area contributed by atoms with E-state index in [1.165, 1.54) is 0 Å². The van der Waals surface area contributed by atoms with Crippen LogP contribution in [0.4, 0.5) is 11.8 Å². The van der Waals surface area contributed by atoms with E-state index in [9.17, 15) is 0 Å². The molecule has 0 aromatic carbocycles. The maximum atomic E-state index is 5.64. The van der Waals surface area contributed by atoms with E-state index in [4.69, 9.17) is 11.5 Å². The zero-order chi connectivity index (χ0) is 11.8. The van der Waals surface area contributed by atoms with Gasteiger partial charge < -0.3 is 11.5 Å². The minimum absolute atomic E-state index is 0.232. The molecule has 0 aliphatic carbocycles. The molecule has 0 fully saturated rings. The number of hydrogen-bond acceptors (Lipinski definition) is 6. The Balaban J connectivity index is 2.23. The van der Waals surface area contributed by atoms with Gasteiger partial charge in [0.15, 0.2) is 5.65 Å². The molecule has 0 bridgehead atoms. The van der Waals surface area contributed by atoms with E-state index in [1.54, 1.807) is 35.2 Å². The highest BCUT2D eigenvalue weighted by Gasteiger charge is 2.07. The summed E-state index contributed by atoms with van der Waals surface area (Å²) in [6, 6.07) is 3.50. The number of nitrogens with zero attached hydrogens (tertiary/aromatic N) is 5. The number of aromatic nitrogens is 5. The largest absolute Gasteiger partial charge is 0.382 e. The molecule has 0 radical (unpaired) electrons. The lowest BCUT2D eigenvalue weighted by atomic mass is 10.3. The third-order valence-electron chi connectivity index (χ3n) is 2.35. The van der Waals surface area contributed by atoms with Gasteiger partial charge in [-0.3, -0.25) is 0 Å². The maximum absolute atomic E-state index is 5.64. The summed E-state index contributed by atoms with van der Waals surface area (Å²) in [5.74, 6) is 0.656. The zero-order valence-electron chi connectivity index (χ0n) is 8.78. The second-order valence-corrected chi connectivity index (χ2v) is 3.50. The standard InChI is InChI=1S/C10H9N7/c11-8-1-2-9-13-5-7(17(9)16-8)6-3-14-10(12)15-4-6/h1-5H,(H2,11,16)(H2,12,14,15). The van der Waals surface area contributed by atoms with Gasteiger partial charge in [0, 0.05) is 18.0 Å². The molecule has 84 valence electrons. The molecule has 7 heteroatoms. The summed E-state index contributed by atoms with van der Waals surface area (Å²) in [5, 5.41) is 4.18. The Bertz CT molecular complexity index is 671. The molecule has 3 aromatic rings. The van der Waals surface area contributed by atoms with E-state index in [-0.39, 0.29) is 5.95 Å². The third-order valence-corrected chi connectivity index (χ3v) is 2.35. The Morgan fingerprint density at radius 2 is 1.71 bits per heavy atom. The second kappa shape index (κ2) is 3.41. The first kappa shape index (κ1) is 9.52. The molecule has 0 saturated carbocycles. The van der Waals surface area contributed by atoms with Gasteiger partial charge in [-0.15, -0.1) is 5.10 Å². The van der Waals surface area contributed by atoms with Gasteiger partial charge in [0.2, 0.25) is 5.95 Å². The fraction of sp³-hybridized carbons (Fsp3) is 0. The molecule has 17 heavy (non-hydrogen) atoms. The van der Waals surface area contributed by atoms with Crippen molar-refractivity contribution < 1.29 is 0 Å². The van der Waals surface area contributed by atoms with E-state index in [1.807, 2.05) is 0 Å². The number of hydrogen-bond donors (Lipinski definition) is 2. The lowest BCUT2D eigenvalue weighted by Gasteiger charge is -2.01. The normalized spacial score (nSPS) is 10.8. The summed E-state index contributed by atoms with van der Waals surface area (Å²) in [5.41, 5.74) is 13.3. The summed E-state index contributed by atoms with van der Waals surface area (Å²) in [6.45, 7) is 0. The van der Waals surface area contributed by atoms with E-state index in [0.717, 1.165) is 11.3 Å². The zero-order valence-corrected chi connectivity index (χ0v) is 8.78. The highest BCUT2D eigenvalue weighted by molar-refractivity contribution is 5.62. The molecule has 0 atom stereocenters. The molecule has 3 heterocycles. The molecule has 0 aliphatic rings. The molecular weight excluding hydrogens is 218 g/mol. The van der Waals surface area contributed by atoms with Crippen LogP contribution < -0.4 is 11.5 Å². The maximum Gasteiger partial charge on any atom is 0.219 e. The SMILES string of the molecule is Nc1ccc2ncc(-c3cnc(N)nc3)n2n1. The van der Waals surface area contributed by atoms with Crippen molar-refractivity contribution in [2.75, 3.05) is 11.5 Å². The van der Waals surface area contributed by atoms with Crippen molar-refractivity contribution in [3.05, 3.63) is 30.7 Å². The molecule has 0 saturated heterocycles. The average molecular weight is 227 g/mol. The number of imidazole rings is 1. The Morgan fingerprint density at radius 1 is 0.941 bits per heavy atom. The topological polar surface area (TPSA) is 108 Å². The Labute approximate surface area is 96.1 Å². The van der Waals surface area contributed by atoms with Crippen molar-refractivity contribution in [2.24, 2.45) is 0 Å². The fourth-order valence-electron chi connectivity index (χ4n) is 1.55. The van der Waals surface area contributed by atoms with Crippen LogP contribution in [0.25, 0.3) is 16.9 Å². The molecule has 3 aromatic heterocycles. The van der Waals surface area contributed by atoms with E-state index in [2.05, 4.69) is 20.1 Å². The van der Waals surface area contributed by atoms with Crippen LogP contribution in [0.5, 0.6) is 0 Å². The molecule has 0 unspecified atom stereocenters. The second-order valence-electron chi connectivity index (χ2n) is 3.50. The van der Waals surface area contributed by atoms with Crippen molar-refractivity contribution >= 4 is 17.4 Å². The van der Waals surface area contributed by atoms with Crippen molar-refractivity contribution in [3.8, 4) is 11.3 Å². The Hall–Kier alpha value is -2.70. The summed E-state index contributed by atoms with van der Waals surface area (Å²) >= 11 is 0.